The monoisotopic (exact) mass is 370 g/mol. The first kappa shape index (κ1) is 19.3. The Bertz CT molecular complexity index is 661. The summed E-state index contributed by atoms with van der Waals surface area (Å²) in [5, 5.41) is 3.55. The van der Waals surface area contributed by atoms with E-state index in [1.165, 1.54) is 13.1 Å². The van der Waals surface area contributed by atoms with Gasteiger partial charge in [0, 0.05) is 25.2 Å². The predicted octanol–water partition coefficient (Wildman–Crippen LogP) is 3.54. The van der Waals surface area contributed by atoms with Crippen LogP contribution in [0.2, 0.25) is 10.2 Å². The number of pyridine rings is 1. The minimum absolute atomic E-state index is 0.146. The maximum absolute atomic E-state index is 11.3. The Morgan fingerprint density at radius 1 is 1.29 bits per heavy atom. The van der Waals surface area contributed by atoms with Crippen molar-refractivity contribution in [1.82, 2.24) is 10.3 Å². The lowest BCUT2D eigenvalue weighted by Gasteiger charge is -2.32. The predicted molar refractivity (Wildman–Crippen MR) is 97.0 cm³/mol. The van der Waals surface area contributed by atoms with Crippen LogP contribution in [0.25, 0.3) is 6.08 Å². The van der Waals surface area contributed by atoms with Crippen LogP contribution < -0.4 is 5.32 Å². The van der Waals surface area contributed by atoms with E-state index in [9.17, 15) is 4.79 Å². The van der Waals surface area contributed by atoms with E-state index < -0.39 is 18.3 Å². The molecule has 0 spiro atoms. The smallest absolute Gasteiger partial charge is 0.400 e. The third kappa shape index (κ3) is 4.31. The van der Waals surface area contributed by atoms with Crippen LogP contribution >= 0.6 is 23.2 Å². The van der Waals surface area contributed by atoms with Crippen LogP contribution in [0.3, 0.4) is 0 Å². The second-order valence-corrected chi connectivity index (χ2v) is 7.55. The summed E-state index contributed by atoms with van der Waals surface area (Å²) < 4.78 is 12.1. The fourth-order valence-corrected chi connectivity index (χ4v) is 2.49. The molecule has 1 aliphatic heterocycles. The molecule has 0 atom stereocenters. The summed E-state index contributed by atoms with van der Waals surface area (Å²) in [4.78, 5) is 15.3. The Labute approximate surface area is 152 Å². The lowest BCUT2D eigenvalue weighted by Crippen LogP contribution is -2.41. The first-order valence-electron chi connectivity index (χ1n) is 7.63. The fourth-order valence-electron chi connectivity index (χ4n) is 2.16. The van der Waals surface area contributed by atoms with Crippen LogP contribution in [0.4, 0.5) is 0 Å². The Balaban J connectivity index is 2.37. The summed E-state index contributed by atoms with van der Waals surface area (Å²) in [5.41, 5.74) is 0.404. The highest BCUT2D eigenvalue weighted by atomic mass is 35.5. The van der Waals surface area contributed by atoms with Crippen molar-refractivity contribution in [3.8, 4) is 0 Å². The molecule has 1 N–H and O–H groups in total. The van der Waals surface area contributed by atoms with Gasteiger partial charge in [-0.3, -0.25) is 4.79 Å². The molecule has 1 aliphatic rings. The molecular formula is C16H21BCl2N2O3. The van der Waals surface area contributed by atoms with Crippen LogP contribution in [-0.2, 0) is 14.1 Å². The molecule has 0 radical (unpaired) electrons. The molecule has 0 aliphatic carbocycles. The summed E-state index contributed by atoms with van der Waals surface area (Å²) in [7, 11) is -0.600. The second kappa shape index (κ2) is 7.04. The number of rotatable bonds is 4. The van der Waals surface area contributed by atoms with Gasteiger partial charge < -0.3 is 14.6 Å². The van der Waals surface area contributed by atoms with E-state index in [1.807, 2.05) is 27.7 Å². The number of nitrogens with zero attached hydrogens (tertiary/aromatic N) is 1. The van der Waals surface area contributed by atoms with Crippen LogP contribution in [0.5, 0.6) is 0 Å². The molecule has 0 unspecified atom stereocenters. The van der Waals surface area contributed by atoms with Crippen molar-refractivity contribution >= 4 is 42.3 Å². The first-order valence-corrected chi connectivity index (χ1v) is 8.39. The molecular weight excluding hydrogens is 350 g/mol. The van der Waals surface area contributed by atoms with Gasteiger partial charge in [-0.05, 0) is 39.2 Å². The number of amides is 1. The molecule has 1 aromatic heterocycles. The van der Waals surface area contributed by atoms with E-state index >= 15 is 0 Å². The number of carbonyl (C=O) groups is 1. The number of halogens is 2. The maximum atomic E-state index is 11.3. The minimum Gasteiger partial charge on any atom is -0.400 e. The van der Waals surface area contributed by atoms with Gasteiger partial charge in [0.15, 0.2) is 0 Å². The van der Waals surface area contributed by atoms with Gasteiger partial charge in [0.25, 0.3) is 0 Å². The molecule has 1 fully saturated rings. The van der Waals surface area contributed by atoms with Crippen molar-refractivity contribution in [2.75, 3.05) is 6.54 Å². The van der Waals surface area contributed by atoms with E-state index in [4.69, 9.17) is 32.5 Å². The first-order chi connectivity index (χ1) is 11.0. The molecule has 8 heteroatoms. The van der Waals surface area contributed by atoms with E-state index in [1.54, 1.807) is 12.1 Å². The summed E-state index contributed by atoms with van der Waals surface area (Å²) in [6.07, 6.45) is 3.27. The van der Waals surface area contributed by atoms with E-state index in [0.29, 0.717) is 15.7 Å². The van der Waals surface area contributed by atoms with E-state index in [2.05, 4.69) is 10.3 Å². The summed E-state index contributed by atoms with van der Waals surface area (Å²) in [5.74, 6) is -0.146. The zero-order chi connectivity index (χ0) is 18.1. The Morgan fingerprint density at radius 3 is 2.42 bits per heavy atom. The van der Waals surface area contributed by atoms with Gasteiger partial charge in [-0.15, -0.1) is 0 Å². The molecule has 2 heterocycles. The van der Waals surface area contributed by atoms with Crippen LogP contribution in [0.15, 0.2) is 17.7 Å². The highest BCUT2D eigenvalue weighted by Crippen LogP contribution is 2.39. The minimum atomic E-state index is -0.600. The zero-order valence-corrected chi connectivity index (χ0v) is 16.0. The molecule has 5 nitrogen and oxygen atoms in total. The highest BCUT2D eigenvalue weighted by Gasteiger charge is 2.52. The third-order valence-electron chi connectivity index (χ3n) is 4.27. The number of hydrogen-bond acceptors (Lipinski definition) is 4. The lowest BCUT2D eigenvalue weighted by molar-refractivity contribution is -0.118. The van der Waals surface area contributed by atoms with Crippen LogP contribution in [-0.4, -0.2) is 35.8 Å². The Morgan fingerprint density at radius 2 is 1.88 bits per heavy atom. The Hall–Kier alpha value is -1.08. The fraction of sp³-hybridized carbons (Fsp3) is 0.500. The third-order valence-corrected chi connectivity index (χ3v) is 4.79. The number of aromatic nitrogens is 1. The van der Waals surface area contributed by atoms with Crippen molar-refractivity contribution in [3.05, 3.63) is 33.5 Å². The van der Waals surface area contributed by atoms with Crippen LogP contribution in [0, 0.1) is 0 Å². The normalized spacial score (nSPS) is 19.5. The molecule has 130 valence electrons. The topological polar surface area (TPSA) is 60.5 Å². The second-order valence-electron chi connectivity index (χ2n) is 6.75. The van der Waals surface area contributed by atoms with E-state index in [0.717, 1.165) is 5.47 Å². The quantitative estimate of drug-likeness (QED) is 0.650. The van der Waals surface area contributed by atoms with Gasteiger partial charge in [-0.1, -0.05) is 29.3 Å². The van der Waals surface area contributed by atoms with Crippen molar-refractivity contribution in [1.29, 1.82) is 0 Å². The number of hydrogen-bond donors (Lipinski definition) is 1. The van der Waals surface area contributed by atoms with Crippen molar-refractivity contribution in [3.63, 3.8) is 0 Å². The van der Waals surface area contributed by atoms with Crippen LogP contribution in [0.1, 0.15) is 40.2 Å². The SMILES string of the molecule is CC(=O)NCC(=Cc1cc(Cl)cnc1Cl)B1OC(C)(C)C(C)(C)O1. The summed E-state index contributed by atoms with van der Waals surface area (Å²) in [6, 6.07) is 1.70. The highest BCUT2D eigenvalue weighted by molar-refractivity contribution is 6.56. The van der Waals surface area contributed by atoms with Gasteiger partial charge in [0.1, 0.15) is 5.15 Å². The zero-order valence-electron chi connectivity index (χ0n) is 14.4. The number of nitrogens with one attached hydrogen (secondary N) is 1. The average Bonchev–Trinajstić information content (AvgIpc) is 2.66. The molecule has 24 heavy (non-hydrogen) atoms. The molecule has 1 aromatic rings. The summed E-state index contributed by atoms with van der Waals surface area (Å²) >= 11 is 12.1. The Kier molecular flexibility index (Phi) is 5.65. The van der Waals surface area contributed by atoms with Crippen molar-refractivity contribution < 1.29 is 14.1 Å². The van der Waals surface area contributed by atoms with Gasteiger partial charge in [0.05, 0.1) is 16.2 Å². The molecule has 0 aromatic carbocycles. The maximum Gasteiger partial charge on any atom is 0.492 e. The molecule has 2 rings (SSSR count). The molecule has 1 saturated heterocycles. The molecule has 1 amide bonds. The average molecular weight is 371 g/mol. The summed E-state index contributed by atoms with van der Waals surface area (Å²) in [6.45, 7) is 9.60. The molecule has 0 saturated carbocycles. The lowest BCUT2D eigenvalue weighted by atomic mass is 9.77. The van der Waals surface area contributed by atoms with Gasteiger partial charge in [-0.25, -0.2) is 4.98 Å². The van der Waals surface area contributed by atoms with Gasteiger partial charge in [-0.2, -0.15) is 0 Å². The molecule has 0 bridgehead atoms. The largest absolute Gasteiger partial charge is 0.492 e. The van der Waals surface area contributed by atoms with Gasteiger partial charge in [0.2, 0.25) is 5.91 Å². The van der Waals surface area contributed by atoms with E-state index in [-0.39, 0.29) is 12.5 Å². The van der Waals surface area contributed by atoms with Crippen molar-refractivity contribution in [2.45, 2.75) is 45.8 Å². The van der Waals surface area contributed by atoms with Gasteiger partial charge >= 0.3 is 7.12 Å². The standard InChI is InChI=1S/C16H21BCl2N2O3/c1-10(22)20-8-12(6-11-7-13(18)9-21-14(11)19)17-23-15(2,3)16(4,5)24-17/h6-7,9H,8H2,1-5H3,(H,20,22). The number of carbonyl (C=O) groups excluding carboxylic acids is 1. The van der Waals surface area contributed by atoms with Crippen molar-refractivity contribution in [2.24, 2.45) is 0 Å².